The third kappa shape index (κ3) is 3.86. The highest BCUT2D eigenvalue weighted by atomic mass is 16.5. The highest BCUT2D eigenvalue weighted by Crippen LogP contribution is 2.44. The number of nitrogens with zero attached hydrogens (tertiary/aromatic N) is 1. The summed E-state index contributed by atoms with van der Waals surface area (Å²) in [7, 11) is 0. The quantitative estimate of drug-likeness (QED) is 0.728. The Bertz CT molecular complexity index is 1050. The third-order valence-electron chi connectivity index (χ3n) is 7.39. The zero-order chi connectivity index (χ0) is 23.1. The van der Waals surface area contributed by atoms with E-state index in [9.17, 15) is 19.5 Å². The molecule has 0 bridgehead atoms. The first kappa shape index (κ1) is 21.5. The Morgan fingerprint density at radius 3 is 2.24 bits per heavy atom. The normalized spacial score (nSPS) is 25.7. The number of fused-ring (bicyclic) bond motifs is 3. The van der Waals surface area contributed by atoms with E-state index in [1.165, 1.54) is 16.0 Å². The molecule has 2 fully saturated rings. The van der Waals surface area contributed by atoms with E-state index >= 15 is 0 Å². The summed E-state index contributed by atoms with van der Waals surface area (Å²) in [4.78, 5) is 38.2. The average Bonchev–Trinajstić information content (AvgIpc) is 3.32. The van der Waals surface area contributed by atoms with E-state index < -0.39 is 18.1 Å². The van der Waals surface area contributed by atoms with Crippen LogP contribution >= 0.6 is 0 Å². The number of hydrogen-bond acceptors (Lipinski definition) is 4. The van der Waals surface area contributed by atoms with Crippen LogP contribution < -0.4 is 5.32 Å². The largest absolute Gasteiger partial charge is 0.480 e. The number of rotatable bonds is 5. The van der Waals surface area contributed by atoms with Crippen molar-refractivity contribution in [1.82, 2.24) is 10.2 Å². The average molecular weight is 449 g/mol. The molecule has 0 aromatic heterocycles. The van der Waals surface area contributed by atoms with E-state index in [1.807, 2.05) is 31.2 Å². The number of benzene rings is 2. The number of alkyl carbamates (subject to hydrolysis) is 1. The van der Waals surface area contributed by atoms with E-state index in [2.05, 4.69) is 29.6 Å². The molecule has 2 amide bonds. The number of aliphatic carboxylic acids is 1. The lowest BCUT2D eigenvalue weighted by molar-refractivity contribution is -0.152. The molecule has 0 radical (unpaired) electrons. The topological polar surface area (TPSA) is 95.9 Å². The fourth-order valence-electron chi connectivity index (χ4n) is 5.55. The molecule has 1 heterocycles. The molecule has 1 saturated heterocycles. The Morgan fingerprint density at radius 1 is 1.03 bits per heavy atom. The van der Waals surface area contributed by atoms with Gasteiger partial charge in [-0.2, -0.15) is 0 Å². The Kier molecular flexibility index (Phi) is 5.56. The summed E-state index contributed by atoms with van der Waals surface area (Å²) in [5.41, 5.74) is 4.68. The van der Waals surface area contributed by atoms with Gasteiger partial charge in [-0.05, 0) is 47.4 Å². The zero-order valence-electron chi connectivity index (χ0n) is 18.6. The van der Waals surface area contributed by atoms with E-state index in [1.54, 1.807) is 0 Å². The minimum absolute atomic E-state index is 0.00368. The van der Waals surface area contributed by atoms with Crippen molar-refractivity contribution in [2.75, 3.05) is 13.2 Å². The number of ether oxygens (including phenoxy) is 1. The van der Waals surface area contributed by atoms with E-state index in [-0.39, 0.29) is 36.3 Å². The van der Waals surface area contributed by atoms with Crippen molar-refractivity contribution in [1.29, 1.82) is 0 Å². The first-order valence-electron chi connectivity index (χ1n) is 11.6. The van der Waals surface area contributed by atoms with Crippen LogP contribution in [0.2, 0.25) is 0 Å². The van der Waals surface area contributed by atoms with E-state index in [4.69, 9.17) is 4.74 Å². The van der Waals surface area contributed by atoms with Crippen LogP contribution in [0.4, 0.5) is 4.79 Å². The number of likely N-dealkylation sites (tertiary alicyclic amines) is 1. The molecule has 7 nitrogen and oxygen atoms in total. The molecular weight excluding hydrogens is 420 g/mol. The van der Waals surface area contributed by atoms with Crippen LogP contribution in [-0.2, 0) is 14.3 Å². The SMILES string of the molecule is CC1CCN(C(=O)C2CC(NC(=O)OCC3c4ccccc4-c4ccccc43)C2)C1C(=O)O. The minimum atomic E-state index is -0.944. The van der Waals surface area contributed by atoms with Gasteiger partial charge in [-0.1, -0.05) is 55.5 Å². The zero-order valence-corrected chi connectivity index (χ0v) is 18.6. The second kappa shape index (κ2) is 8.54. The van der Waals surface area contributed by atoms with Gasteiger partial charge in [0.15, 0.2) is 0 Å². The number of hydrogen-bond donors (Lipinski definition) is 2. The predicted octanol–water partition coefficient (Wildman–Crippen LogP) is 3.63. The van der Waals surface area contributed by atoms with E-state index in [0.717, 1.165) is 11.1 Å². The fraction of sp³-hybridized carbons (Fsp3) is 0.423. The molecule has 2 aromatic rings. The maximum absolute atomic E-state index is 12.8. The van der Waals surface area contributed by atoms with Crippen molar-refractivity contribution in [3.05, 3.63) is 59.7 Å². The molecule has 2 atom stereocenters. The Labute approximate surface area is 192 Å². The lowest BCUT2D eigenvalue weighted by Gasteiger charge is -2.37. The van der Waals surface area contributed by atoms with Gasteiger partial charge in [0.05, 0.1) is 0 Å². The number of carbonyl (C=O) groups is 3. The van der Waals surface area contributed by atoms with Crippen LogP contribution in [0.25, 0.3) is 11.1 Å². The van der Waals surface area contributed by atoms with Gasteiger partial charge in [-0.3, -0.25) is 4.79 Å². The second-order valence-corrected chi connectivity index (χ2v) is 9.42. The number of amides is 2. The van der Waals surface area contributed by atoms with Crippen molar-refractivity contribution in [3.63, 3.8) is 0 Å². The molecule has 5 rings (SSSR count). The summed E-state index contributed by atoms with van der Waals surface area (Å²) in [6.07, 6.45) is 1.25. The van der Waals surface area contributed by atoms with Crippen molar-refractivity contribution in [2.24, 2.45) is 11.8 Å². The maximum atomic E-state index is 12.8. The Morgan fingerprint density at radius 2 is 1.64 bits per heavy atom. The number of nitrogens with one attached hydrogen (secondary N) is 1. The molecule has 33 heavy (non-hydrogen) atoms. The van der Waals surface area contributed by atoms with Crippen LogP contribution in [0.5, 0.6) is 0 Å². The summed E-state index contributed by atoms with van der Waals surface area (Å²) in [6.45, 7) is 2.60. The predicted molar refractivity (Wildman–Crippen MR) is 122 cm³/mol. The van der Waals surface area contributed by atoms with Crippen LogP contribution in [0.1, 0.15) is 43.2 Å². The molecule has 2 aliphatic carbocycles. The molecule has 2 unspecified atom stereocenters. The van der Waals surface area contributed by atoms with Gasteiger partial charge in [-0.15, -0.1) is 0 Å². The van der Waals surface area contributed by atoms with Crippen molar-refractivity contribution in [3.8, 4) is 11.1 Å². The Hall–Kier alpha value is -3.35. The third-order valence-corrected chi connectivity index (χ3v) is 7.39. The summed E-state index contributed by atoms with van der Waals surface area (Å²) < 4.78 is 5.58. The van der Waals surface area contributed by atoms with Gasteiger partial charge in [0.2, 0.25) is 5.91 Å². The smallest absolute Gasteiger partial charge is 0.407 e. The van der Waals surface area contributed by atoms with Crippen molar-refractivity contribution < 1.29 is 24.2 Å². The first-order valence-corrected chi connectivity index (χ1v) is 11.6. The van der Waals surface area contributed by atoms with Gasteiger partial charge < -0.3 is 20.1 Å². The summed E-state index contributed by atoms with van der Waals surface area (Å²) in [5, 5.41) is 12.3. The highest BCUT2D eigenvalue weighted by molar-refractivity contribution is 5.86. The summed E-state index contributed by atoms with van der Waals surface area (Å²) in [6, 6.07) is 15.5. The van der Waals surface area contributed by atoms with Crippen molar-refractivity contribution in [2.45, 2.75) is 44.2 Å². The molecule has 3 aliphatic rings. The molecule has 172 valence electrons. The monoisotopic (exact) mass is 448 g/mol. The van der Waals surface area contributed by atoms with Gasteiger partial charge in [-0.25, -0.2) is 9.59 Å². The number of carbonyl (C=O) groups excluding carboxylic acids is 2. The first-order chi connectivity index (χ1) is 15.9. The van der Waals surface area contributed by atoms with Gasteiger partial charge in [0, 0.05) is 24.4 Å². The number of carboxylic acid groups (broad SMARTS) is 1. The van der Waals surface area contributed by atoms with Crippen molar-refractivity contribution >= 4 is 18.0 Å². The summed E-state index contributed by atoms with van der Waals surface area (Å²) >= 11 is 0. The van der Waals surface area contributed by atoms with Crippen LogP contribution in [-0.4, -0.2) is 53.2 Å². The highest BCUT2D eigenvalue weighted by Gasteiger charge is 2.45. The molecule has 2 N–H and O–H groups in total. The van der Waals surface area contributed by atoms with Gasteiger partial charge in [0.25, 0.3) is 0 Å². The van der Waals surface area contributed by atoms with Crippen LogP contribution in [0.15, 0.2) is 48.5 Å². The van der Waals surface area contributed by atoms with Crippen LogP contribution in [0.3, 0.4) is 0 Å². The molecule has 0 spiro atoms. The molecule has 2 aromatic carbocycles. The summed E-state index contributed by atoms with van der Waals surface area (Å²) in [5.74, 6) is -1.33. The minimum Gasteiger partial charge on any atom is -0.480 e. The Balaban J connectivity index is 1.13. The maximum Gasteiger partial charge on any atom is 0.407 e. The van der Waals surface area contributed by atoms with Gasteiger partial charge in [0.1, 0.15) is 12.6 Å². The lowest BCUT2D eigenvalue weighted by atomic mass is 9.79. The van der Waals surface area contributed by atoms with Gasteiger partial charge >= 0.3 is 12.1 Å². The molecule has 1 aliphatic heterocycles. The molecule has 7 heteroatoms. The van der Waals surface area contributed by atoms with E-state index in [0.29, 0.717) is 25.8 Å². The second-order valence-electron chi connectivity index (χ2n) is 9.42. The fourth-order valence-corrected chi connectivity index (χ4v) is 5.55. The lowest BCUT2D eigenvalue weighted by Crippen LogP contribution is -2.53. The molecule has 1 saturated carbocycles. The van der Waals surface area contributed by atoms with Crippen LogP contribution in [0, 0.1) is 11.8 Å². The number of carboxylic acids is 1. The molecular formula is C26H28N2O5. The standard InChI is InChI=1S/C26H28N2O5/c1-15-10-11-28(23(15)25(30)31)24(29)16-12-17(13-16)27-26(32)33-14-22-20-8-4-2-6-18(20)19-7-3-5-9-21(19)22/h2-9,15-17,22-23H,10-14H2,1H3,(H,27,32)(H,30,31).